The lowest BCUT2D eigenvalue weighted by atomic mass is 10.1. The Hall–Kier alpha value is -3.12. The minimum Gasteiger partial charge on any atom is -0.507 e. The summed E-state index contributed by atoms with van der Waals surface area (Å²) in [4.78, 5) is 11.3. The van der Waals surface area contributed by atoms with Crippen LogP contribution in [0.15, 0.2) is 53.1 Å². The second-order valence-corrected chi connectivity index (χ2v) is 6.78. The maximum Gasteiger partial charge on any atom is 0.165 e. The van der Waals surface area contributed by atoms with Gasteiger partial charge in [-0.05, 0) is 37.3 Å². The quantitative estimate of drug-likeness (QED) is 0.558. The number of phenols is 1. The number of aromatic nitrogens is 3. The Bertz CT molecular complexity index is 1130. The van der Waals surface area contributed by atoms with E-state index in [9.17, 15) is 5.11 Å². The first kappa shape index (κ1) is 17.3. The molecular formula is C20H17ClN4O2. The Morgan fingerprint density at radius 2 is 1.93 bits per heavy atom. The van der Waals surface area contributed by atoms with Gasteiger partial charge in [-0.3, -0.25) is 0 Å². The summed E-state index contributed by atoms with van der Waals surface area (Å²) in [5, 5.41) is 15.6. The van der Waals surface area contributed by atoms with Crippen LogP contribution in [0.4, 0.5) is 5.82 Å². The van der Waals surface area contributed by atoms with E-state index in [0.29, 0.717) is 34.3 Å². The maximum atomic E-state index is 10.2. The van der Waals surface area contributed by atoms with E-state index in [-0.39, 0.29) is 5.75 Å². The van der Waals surface area contributed by atoms with Crippen LogP contribution in [-0.2, 0) is 6.54 Å². The van der Waals surface area contributed by atoms with Crippen molar-refractivity contribution < 1.29 is 9.63 Å². The molecule has 0 amide bonds. The molecule has 0 aliphatic heterocycles. The number of aromatic hydroxyl groups is 1. The molecule has 0 fully saturated rings. The summed E-state index contributed by atoms with van der Waals surface area (Å²) < 4.78 is 5.33. The van der Waals surface area contributed by atoms with E-state index in [1.54, 1.807) is 24.3 Å². The summed E-state index contributed by atoms with van der Waals surface area (Å²) in [6, 6.07) is 14.4. The van der Waals surface area contributed by atoms with Gasteiger partial charge in [0.15, 0.2) is 11.6 Å². The molecule has 0 radical (unpaired) electrons. The van der Waals surface area contributed by atoms with Crippen molar-refractivity contribution in [1.29, 1.82) is 0 Å². The molecule has 6 nitrogen and oxygen atoms in total. The third kappa shape index (κ3) is 3.44. The third-order valence-corrected chi connectivity index (χ3v) is 4.45. The first-order valence-electron chi connectivity index (χ1n) is 8.40. The number of anilines is 1. The number of benzene rings is 2. The summed E-state index contributed by atoms with van der Waals surface area (Å²) in [6.07, 6.45) is 0. The number of fused-ring (bicyclic) bond motifs is 1. The average molecular weight is 381 g/mol. The molecule has 136 valence electrons. The Morgan fingerprint density at radius 1 is 1.11 bits per heavy atom. The number of para-hydroxylation sites is 1. The lowest BCUT2D eigenvalue weighted by Gasteiger charge is -2.19. The van der Waals surface area contributed by atoms with Gasteiger partial charge in [0.25, 0.3) is 0 Å². The van der Waals surface area contributed by atoms with Crippen LogP contribution in [-0.4, -0.2) is 27.3 Å². The van der Waals surface area contributed by atoms with Crippen molar-refractivity contribution in [1.82, 2.24) is 15.1 Å². The Balaban J connectivity index is 1.86. The van der Waals surface area contributed by atoms with Gasteiger partial charge in [-0.1, -0.05) is 28.9 Å². The highest BCUT2D eigenvalue weighted by Crippen LogP contribution is 2.32. The number of rotatable bonds is 4. The van der Waals surface area contributed by atoms with E-state index in [1.165, 1.54) is 0 Å². The number of hydrogen-bond donors (Lipinski definition) is 1. The first-order chi connectivity index (χ1) is 13.0. The lowest BCUT2D eigenvalue weighted by molar-refractivity contribution is 0.379. The number of phenolic OH excluding ortho intramolecular Hbond substituents is 1. The number of hydrogen-bond acceptors (Lipinski definition) is 6. The molecule has 7 heteroatoms. The normalized spacial score (nSPS) is 11.1. The second-order valence-electron chi connectivity index (χ2n) is 6.34. The molecule has 27 heavy (non-hydrogen) atoms. The highest BCUT2D eigenvalue weighted by Gasteiger charge is 2.16. The van der Waals surface area contributed by atoms with Crippen LogP contribution in [0.25, 0.3) is 22.3 Å². The summed E-state index contributed by atoms with van der Waals surface area (Å²) >= 11 is 6.17. The zero-order chi connectivity index (χ0) is 19.0. The van der Waals surface area contributed by atoms with E-state index >= 15 is 0 Å². The standard InChI is InChI=1S/C20H17ClN4O2/c1-12-9-14(27-24-12)11-25(2)20-15-8-7-13(21)10-17(15)22-19(23-20)16-5-3-4-6-18(16)26/h3-10,26H,11H2,1-2H3. The zero-order valence-electron chi connectivity index (χ0n) is 14.8. The predicted molar refractivity (Wildman–Crippen MR) is 105 cm³/mol. The smallest absolute Gasteiger partial charge is 0.165 e. The molecule has 0 saturated heterocycles. The first-order valence-corrected chi connectivity index (χ1v) is 8.78. The van der Waals surface area contributed by atoms with Crippen molar-refractivity contribution >= 4 is 28.3 Å². The average Bonchev–Trinajstić information content (AvgIpc) is 3.05. The van der Waals surface area contributed by atoms with Crippen molar-refractivity contribution in [2.45, 2.75) is 13.5 Å². The molecule has 0 atom stereocenters. The molecule has 4 aromatic rings. The molecule has 4 rings (SSSR count). The fraction of sp³-hybridized carbons (Fsp3) is 0.150. The van der Waals surface area contributed by atoms with Crippen LogP contribution in [0.5, 0.6) is 5.75 Å². The molecule has 2 aromatic carbocycles. The van der Waals surface area contributed by atoms with E-state index in [0.717, 1.165) is 16.8 Å². The summed E-state index contributed by atoms with van der Waals surface area (Å²) in [5.41, 5.74) is 2.09. The second kappa shape index (κ2) is 6.89. The molecule has 0 aliphatic carbocycles. The lowest BCUT2D eigenvalue weighted by Crippen LogP contribution is -2.18. The number of nitrogens with zero attached hydrogens (tertiary/aromatic N) is 4. The highest BCUT2D eigenvalue weighted by atomic mass is 35.5. The minimum absolute atomic E-state index is 0.123. The minimum atomic E-state index is 0.123. The van der Waals surface area contributed by atoms with Gasteiger partial charge in [-0.15, -0.1) is 0 Å². The number of halogens is 1. The van der Waals surface area contributed by atoms with Crippen molar-refractivity contribution in [2.24, 2.45) is 0 Å². The molecule has 2 heterocycles. The van der Waals surface area contributed by atoms with Gasteiger partial charge in [0.1, 0.15) is 11.6 Å². The fourth-order valence-corrected chi connectivity index (χ4v) is 3.13. The van der Waals surface area contributed by atoms with Crippen LogP contribution >= 0.6 is 11.6 Å². The van der Waals surface area contributed by atoms with Gasteiger partial charge in [0, 0.05) is 23.5 Å². The van der Waals surface area contributed by atoms with Crippen molar-refractivity contribution in [3.05, 3.63) is 65.0 Å². The SMILES string of the molecule is Cc1cc(CN(C)c2nc(-c3ccccc3O)nc3cc(Cl)ccc23)on1. The van der Waals surface area contributed by atoms with Crippen molar-refractivity contribution in [3.8, 4) is 17.1 Å². The van der Waals surface area contributed by atoms with E-state index in [2.05, 4.69) is 10.1 Å². The Morgan fingerprint density at radius 3 is 2.67 bits per heavy atom. The topological polar surface area (TPSA) is 75.3 Å². The summed E-state index contributed by atoms with van der Waals surface area (Å²) in [5.74, 6) is 2.00. The molecule has 0 bridgehead atoms. The highest BCUT2D eigenvalue weighted by molar-refractivity contribution is 6.31. The van der Waals surface area contributed by atoms with Crippen LogP contribution in [0.3, 0.4) is 0 Å². The van der Waals surface area contributed by atoms with Crippen LogP contribution in [0.2, 0.25) is 5.02 Å². The zero-order valence-corrected chi connectivity index (χ0v) is 15.6. The molecular weight excluding hydrogens is 364 g/mol. The van der Waals surface area contributed by atoms with Gasteiger partial charge in [-0.25, -0.2) is 9.97 Å². The molecule has 1 N–H and O–H groups in total. The molecule has 0 unspecified atom stereocenters. The molecule has 0 aliphatic rings. The van der Waals surface area contributed by atoms with Crippen molar-refractivity contribution in [3.63, 3.8) is 0 Å². The van der Waals surface area contributed by atoms with Gasteiger partial charge < -0.3 is 14.5 Å². The Kier molecular flexibility index (Phi) is 4.41. The fourth-order valence-electron chi connectivity index (χ4n) is 2.96. The number of aryl methyl sites for hydroxylation is 1. The molecule has 2 aromatic heterocycles. The Labute approximate surface area is 161 Å². The van der Waals surface area contributed by atoms with Gasteiger partial charge >= 0.3 is 0 Å². The van der Waals surface area contributed by atoms with Gasteiger partial charge in [0.2, 0.25) is 0 Å². The summed E-state index contributed by atoms with van der Waals surface area (Å²) in [7, 11) is 1.92. The predicted octanol–water partition coefficient (Wildman–Crippen LogP) is 4.59. The van der Waals surface area contributed by atoms with Gasteiger partial charge in [-0.2, -0.15) is 0 Å². The van der Waals surface area contributed by atoms with Crippen LogP contribution in [0.1, 0.15) is 11.5 Å². The monoisotopic (exact) mass is 380 g/mol. The van der Waals surface area contributed by atoms with E-state index in [4.69, 9.17) is 21.1 Å². The van der Waals surface area contributed by atoms with E-state index < -0.39 is 0 Å². The maximum absolute atomic E-state index is 10.2. The third-order valence-electron chi connectivity index (χ3n) is 4.22. The van der Waals surface area contributed by atoms with E-state index in [1.807, 2.05) is 43.1 Å². The van der Waals surface area contributed by atoms with Gasteiger partial charge in [0.05, 0.1) is 23.3 Å². The van der Waals surface area contributed by atoms with Crippen LogP contribution in [0, 0.1) is 6.92 Å². The van der Waals surface area contributed by atoms with Crippen molar-refractivity contribution in [2.75, 3.05) is 11.9 Å². The van der Waals surface area contributed by atoms with Crippen LogP contribution < -0.4 is 4.90 Å². The molecule has 0 saturated carbocycles. The summed E-state index contributed by atoms with van der Waals surface area (Å²) in [6.45, 7) is 2.38. The molecule has 0 spiro atoms. The largest absolute Gasteiger partial charge is 0.507 e.